The van der Waals surface area contributed by atoms with Crippen molar-refractivity contribution in [2.24, 2.45) is 11.8 Å². The van der Waals surface area contributed by atoms with E-state index in [1.165, 1.54) is 12.8 Å². The monoisotopic (exact) mass is 229 g/mol. The number of hydrogen-bond acceptors (Lipinski definition) is 2. The van der Waals surface area contributed by atoms with E-state index in [1.54, 1.807) is 0 Å². The molecule has 2 unspecified atom stereocenters. The van der Waals surface area contributed by atoms with Gasteiger partial charge in [0.05, 0.1) is 6.10 Å². The van der Waals surface area contributed by atoms with Crippen molar-refractivity contribution in [3.63, 3.8) is 0 Å². The third kappa shape index (κ3) is 2.95. The Labute approximate surface area is 98.1 Å². The molecule has 0 aromatic rings. The summed E-state index contributed by atoms with van der Waals surface area (Å²) in [6, 6.07) is 0. The lowest BCUT2D eigenvalue weighted by Gasteiger charge is -2.38. The van der Waals surface area contributed by atoms with Crippen molar-refractivity contribution in [2.75, 3.05) is 26.2 Å². The number of likely N-dealkylation sites (tertiary alicyclic amines) is 1. The topological polar surface area (TPSA) is 12.5 Å². The zero-order valence-electron chi connectivity index (χ0n) is 10.5. The first kappa shape index (κ1) is 12.3. The number of piperidine rings is 1. The van der Waals surface area contributed by atoms with Crippen molar-refractivity contribution in [3.8, 4) is 0 Å². The lowest BCUT2D eigenvalue weighted by Crippen LogP contribution is -2.46. The summed E-state index contributed by atoms with van der Waals surface area (Å²) < 4.78 is 19.4. The molecule has 0 N–H and O–H groups in total. The molecule has 4 atom stereocenters. The Morgan fingerprint density at radius 1 is 1.25 bits per heavy atom. The van der Waals surface area contributed by atoms with Gasteiger partial charge in [0.25, 0.3) is 0 Å². The van der Waals surface area contributed by atoms with E-state index in [9.17, 15) is 4.39 Å². The second kappa shape index (κ2) is 5.46. The zero-order chi connectivity index (χ0) is 11.5. The van der Waals surface area contributed by atoms with Gasteiger partial charge in [-0.15, -0.1) is 0 Å². The van der Waals surface area contributed by atoms with Gasteiger partial charge in [-0.3, -0.25) is 4.90 Å². The fourth-order valence-corrected chi connectivity index (χ4v) is 2.73. The molecule has 2 heterocycles. The minimum atomic E-state index is -0.646. The van der Waals surface area contributed by atoms with Crippen molar-refractivity contribution in [2.45, 2.75) is 45.4 Å². The van der Waals surface area contributed by atoms with Crippen molar-refractivity contribution in [1.29, 1.82) is 0 Å². The Hall–Kier alpha value is -0.150. The SMILES string of the molecule is CC1CCN(C[C@H]2OCCC[C@H]2C)CC1F. The summed E-state index contributed by atoms with van der Waals surface area (Å²) >= 11 is 0. The molecule has 3 heteroatoms. The maximum absolute atomic E-state index is 13.6. The second-order valence-corrected chi connectivity index (χ2v) is 5.57. The lowest BCUT2D eigenvalue weighted by atomic mass is 9.93. The standard InChI is InChI=1S/C13H24FNO/c1-10-5-6-15(8-12(10)14)9-13-11(2)4-3-7-16-13/h10-13H,3-9H2,1-2H3/t10?,11-,12?,13-/m1/s1. The molecule has 2 fully saturated rings. The van der Waals surface area contributed by atoms with Crippen LogP contribution in [0, 0.1) is 11.8 Å². The highest BCUT2D eigenvalue weighted by Crippen LogP contribution is 2.24. The molecule has 0 radical (unpaired) electrons. The van der Waals surface area contributed by atoms with Crippen molar-refractivity contribution < 1.29 is 9.13 Å². The summed E-state index contributed by atoms with van der Waals surface area (Å²) in [5, 5.41) is 0. The van der Waals surface area contributed by atoms with Gasteiger partial charge in [0, 0.05) is 19.7 Å². The molecule has 0 aromatic heterocycles. The van der Waals surface area contributed by atoms with Crippen LogP contribution in [0.15, 0.2) is 0 Å². The first-order chi connectivity index (χ1) is 7.66. The van der Waals surface area contributed by atoms with E-state index in [4.69, 9.17) is 4.74 Å². The second-order valence-electron chi connectivity index (χ2n) is 5.57. The first-order valence-corrected chi connectivity index (χ1v) is 6.65. The van der Waals surface area contributed by atoms with E-state index in [2.05, 4.69) is 11.8 Å². The highest BCUT2D eigenvalue weighted by molar-refractivity contribution is 4.81. The van der Waals surface area contributed by atoms with E-state index < -0.39 is 6.17 Å². The molecule has 2 rings (SSSR count). The molecule has 0 amide bonds. The Kier molecular flexibility index (Phi) is 4.20. The molecule has 2 saturated heterocycles. The van der Waals surface area contributed by atoms with Crippen LogP contribution in [0.2, 0.25) is 0 Å². The highest BCUT2D eigenvalue weighted by Gasteiger charge is 2.30. The number of alkyl halides is 1. The van der Waals surface area contributed by atoms with Gasteiger partial charge < -0.3 is 4.74 Å². The van der Waals surface area contributed by atoms with Crippen LogP contribution in [0.1, 0.15) is 33.1 Å². The molecule has 0 aliphatic carbocycles. The number of halogens is 1. The molecule has 16 heavy (non-hydrogen) atoms. The van der Waals surface area contributed by atoms with Crippen LogP contribution in [0.3, 0.4) is 0 Å². The number of nitrogens with zero attached hydrogens (tertiary/aromatic N) is 1. The number of rotatable bonds is 2. The van der Waals surface area contributed by atoms with Crippen LogP contribution in [0.25, 0.3) is 0 Å². The van der Waals surface area contributed by atoms with Crippen LogP contribution >= 0.6 is 0 Å². The molecule has 0 spiro atoms. The van der Waals surface area contributed by atoms with Crippen LogP contribution in [-0.2, 0) is 4.74 Å². The Morgan fingerprint density at radius 2 is 2.06 bits per heavy atom. The smallest absolute Gasteiger partial charge is 0.115 e. The van der Waals surface area contributed by atoms with Crippen LogP contribution in [0.5, 0.6) is 0 Å². The van der Waals surface area contributed by atoms with E-state index >= 15 is 0 Å². The van der Waals surface area contributed by atoms with Gasteiger partial charge >= 0.3 is 0 Å². The zero-order valence-corrected chi connectivity index (χ0v) is 10.5. The van der Waals surface area contributed by atoms with E-state index in [0.29, 0.717) is 18.6 Å². The maximum Gasteiger partial charge on any atom is 0.115 e. The Morgan fingerprint density at radius 3 is 2.75 bits per heavy atom. The number of ether oxygens (including phenoxy) is 1. The maximum atomic E-state index is 13.6. The summed E-state index contributed by atoms with van der Waals surface area (Å²) in [5.74, 6) is 0.868. The number of hydrogen-bond donors (Lipinski definition) is 0. The van der Waals surface area contributed by atoms with Gasteiger partial charge in [-0.05, 0) is 37.6 Å². The van der Waals surface area contributed by atoms with E-state index in [1.807, 2.05) is 6.92 Å². The van der Waals surface area contributed by atoms with Crippen LogP contribution in [-0.4, -0.2) is 43.4 Å². The van der Waals surface area contributed by atoms with Gasteiger partial charge in [0.15, 0.2) is 0 Å². The van der Waals surface area contributed by atoms with E-state index in [0.717, 1.165) is 26.1 Å². The molecule has 2 aliphatic rings. The average molecular weight is 229 g/mol. The first-order valence-electron chi connectivity index (χ1n) is 6.65. The summed E-state index contributed by atoms with van der Waals surface area (Å²) in [6.45, 7) is 7.72. The van der Waals surface area contributed by atoms with Gasteiger partial charge in [-0.25, -0.2) is 4.39 Å². The lowest BCUT2D eigenvalue weighted by molar-refractivity contribution is -0.0484. The predicted octanol–water partition coefficient (Wildman–Crippen LogP) is 2.48. The predicted molar refractivity (Wildman–Crippen MR) is 63.3 cm³/mol. The van der Waals surface area contributed by atoms with Crippen LogP contribution < -0.4 is 0 Å². The fourth-order valence-electron chi connectivity index (χ4n) is 2.73. The Balaban J connectivity index is 1.80. The van der Waals surface area contributed by atoms with Gasteiger partial charge in [-0.2, -0.15) is 0 Å². The summed E-state index contributed by atoms with van der Waals surface area (Å²) in [7, 11) is 0. The Bertz CT molecular complexity index is 224. The van der Waals surface area contributed by atoms with Crippen LogP contribution in [0.4, 0.5) is 4.39 Å². The third-order valence-electron chi connectivity index (χ3n) is 4.16. The van der Waals surface area contributed by atoms with Gasteiger partial charge in [-0.1, -0.05) is 13.8 Å². The minimum absolute atomic E-state index is 0.237. The molecule has 0 bridgehead atoms. The molecular formula is C13H24FNO. The average Bonchev–Trinajstić information content (AvgIpc) is 2.27. The largest absolute Gasteiger partial charge is 0.377 e. The third-order valence-corrected chi connectivity index (χ3v) is 4.16. The normalized spacial score (nSPS) is 42.2. The van der Waals surface area contributed by atoms with Crippen molar-refractivity contribution >= 4 is 0 Å². The van der Waals surface area contributed by atoms with Gasteiger partial charge in [0.2, 0.25) is 0 Å². The summed E-state index contributed by atoms with van der Waals surface area (Å²) in [6.07, 6.45) is 3.11. The quantitative estimate of drug-likeness (QED) is 0.721. The summed E-state index contributed by atoms with van der Waals surface area (Å²) in [4.78, 5) is 2.25. The fraction of sp³-hybridized carbons (Fsp3) is 1.00. The highest BCUT2D eigenvalue weighted by atomic mass is 19.1. The minimum Gasteiger partial charge on any atom is -0.377 e. The molecule has 0 saturated carbocycles. The molecule has 94 valence electrons. The van der Waals surface area contributed by atoms with Crippen molar-refractivity contribution in [3.05, 3.63) is 0 Å². The molecule has 0 aromatic carbocycles. The summed E-state index contributed by atoms with van der Waals surface area (Å²) in [5.41, 5.74) is 0. The molecule has 2 aliphatic heterocycles. The molecule has 2 nitrogen and oxygen atoms in total. The van der Waals surface area contributed by atoms with Crippen molar-refractivity contribution in [1.82, 2.24) is 4.90 Å². The van der Waals surface area contributed by atoms with E-state index in [-0.39, 0.29) is 5.92 Å². The van der Waals surface area contributed by atoms with Gasteiger partial charge in [0.1, 0.15) is 6.17 Å². The molecular weight excluding hydrogens is 205 g/mol.